The maximum Gasteiger partial charge on any atom is 0.412 e. The topological polar surface area (TPSA) is 136 Å². The predicted molar refractivity (Wildman–Crippen MR) is 130 cm³/mol. The Morgan fingerprint density at radius 2 is 1.94 bits per heavy atom. The van der Waals surface area contributed by atoms with E-state index < -0.39 is 6.09 Å². The van der Waals surface area contributed by atoms with Crippen molar-refractivity contribution in [3.05, 3.63) is 77.3 Å². The molecular weight excluding hydrogens is 456 g/mol. The molecule has 9 nitrogen and oxygen atoms in total. The van der Waals surface area contributed by atoms with E-state index in [1.54, 1.807) is 48.5 Å². The van der Waals surface area contributed by atoms with Crippen molar-refractivity contribution >= 4 is 44.9 Å². The van der Waals surface area contributed by atoms with Gasteiger partial charge in [0.2, 0.25) is 0 Å². The zero-order valence-corrected chi connectivity index (χ0v) is 18.8. The van der Waals surface area contributed by atoms with Crippen LogP contribution in [-0.4, -0.2) is 35.2 Å². The van der Waals surface area contributed by atoms with Crippen LogP contribution in [0, 0.1) is 0 Å². The van der Waals surface area contributed by atoms with E-state index >= 15 is 0 Å². The second-order valence-corrected chi connectivity index (χ2v) is 8.03. The second kappa shape index (κ2) is 10.6. The monoisotopic (exact) mass is 478 g/mol. The van der Waals surface area contributed by atoms with Crippen molar-refractivity contribution in [1.82, 2.24) is 10.3 Å². The SMILES string of the molecule is Nc1ncc(OC(=O)NCCO)c2scc(COc3cccc(NC(=O)c4ccccc4)c3)c12. The summed E-state index contributed by atoms with van der Waals surface area (Å²) in [6.07, 6.45) is 0.693. The fourth-order valence-electron chi connectivity index (χ4n) is 3.20. The number of hydrogen-bond donors (Lipinski definition) is 4. The first kappa shape index (κ1) is 23.0. The summed E-state index contributed by atoms with van der Waals surface area (Å²) in [5.74, 6) is 0.909. The number of hydrogen-bond acceptors (Lipinski definition) is 8. The third-order valence-corrected chi connectivity index (χ3v) is 5.82. The minimum Gasteiger partial charge on any atom is -0.489 e. The fraction of sp³-hybridized carbons (Fsp3) is 0.125. The molecule has 0 unspecified atom stereocenters. The molecule has 4 rings (SSSR count). The van der Waals surface area contributed by atoms with E-state index in [1.165, 1.54) is 17.5 Å². The van der Waals surface area contributed by atoms with Crippen LogP contribution in [0.2, 0.25) is 0 Å². The maximum absolute atomic E-state index is 12.4. The maximum atomic E-state index is 12.4. The summed E-state index contributed by atoms with van der Waals surface area (Å²) in [6.45, 7) is 0.0863. The number of fused-ring (bicyclic) bond motifs is 1. The summed E-state index contributed by atoms with van der Waals surface area (Å²) in [6, 6.07) is 16.0. The van der Waals surface area contributed by atoms with Crippen LogP contribution in [0.3, 0.4) is 0 Å². The number of carbonyl (C=O) groups excluding carboxylic acids is 2. The molecule has 4 aromatic rings. The van der Waals surface area contributed by atoms with E-state index in [9.17, 15) is 9.59 Å². The fourth-order valence-corrected chi connectivity index (χ4v) is 4.21. The lowest BCUT2D eigenvalue weighted by Gasteiger charge is -2.10. The Kier molecular flexibility index (Phi) is 7.21. The van der Waals surface area contributed by atoms with Crippen LogP contribution < -0.4 is 25.8 Å². The largest absolute Gasteiger partial charge is 0.489 e. The number of aromatic nitrogens is 1. The van der Waals surface area contributed by atoms with Gasteiger partial charge in [0.1, 0.15) is 18.2 Å². The van der Waals surface area contributed by atoms with Crippen LogP contribution in [0.5, 0.6) is 11.5 Å². The van der Waals surface area contributed by atoms with Gasteiger partial charge >= 0.3 is 6.09 Å². The molecule has 0 aliphatic carbocycles. The highest BCUT2D eigenvalue weighted by Gasteiger charge is 2.16. The standard InChI is InChI=1S/C24H22N4O5S/c25-22-20-16(14-34-21(20)19(12-27-22)33-24(31)26-9-10-29)13-32-18-8-4-7-17(11-18)28-23(30)15-5-2-1-3-6-15/h1-8,11-12,14,29H,9-10,13H2,(H2,25,27)(H,26,31)(H,28,30). The minimum atomic E-state index is -0.692. The lowest BCUT2D eigenvalue weighted by molar-refractivity contribution is 0.102. The van der Waals surface area contributed by atoms with Crippen molar-refractivity contribution in [2.45, 2.75) is 6.61 Å². The van der Waals surface area contributed by atoms with Crippen LogP contribution in [0.25, 0.3) is 10.1 Å². The van der Waals surface area contributed by atoms with Crippen molar-refractivity contribution in [3.63, 3.8) is 0 Å². The van der Waals surface area contributed by atoms with Gasteiger partial charge in [-0.15, -0.1) is 11.3 Å². The first-order valence-electron chi connectivity index (χ1n) is 10.4. The highest BCUT2D eigenvalue weighted by molar-refractivity contribution is 7.17. The van der Waals surface area contributed by atoms with Crippen molar-refractivity contribution in [2.75, 3.05) is 24.2 Å². The smallest absolute Gasteiger partial charge is 0.412 e. The number of nitrogens with zero attached hydrogens (tertiary/aromatic N) is 1. The van der Waals surface area contributed by atoms with Crippen LogP contribution in [0.15, 0.2) is 66.2 Å². The molecule has 10 heteroatoms. The van der Waals surface area contributed by atoms with Gasteiger partial charge in [-0.2, -0.15) is 0 Å². The van der Waals surface area contributed by atoms with Gasteiger partial charge in [0, 0.05) is 34.8 Å². The number of anilines is 2. The molecule has 0 aliphatic rings. The van der Waals surface area contributed by atoms with Crippen molar-refractivity contribution in [1.29, 1.82) is 0 Å². The second-order valence-electron chi connectivity index (χ2n) is 7.15. The molecule has 0 atom stereocenters. The van der Waals surface area contributed by atoms with Crippen molar-refractivity contribution in [2.24, 2.45) is 0 Å². The minimum absolute atomic E-state index is 0.0821. The Morgan fingerprint density at radius 3 is 2.74 bits per heavy atom. The molecule has 0 saturated heterocycles. The number of nitrogen functional groups attached to an aromatic ring is 1. The summed E-state index contributed by atoms with van der Waals surface area (Å²) >= 11 is 1.35. The molecule has 0 saturated carbocycles. The lowest BCUT2D eigenvalue weighted by Crippen LogP contribution is -2.29. The number of carbonyl (C=O) groups is 2. The number of aliphatic hydroxyl groups excluding tert-OH is 1. The van der Waals surface area contributed by atoms with E-state index in [4.69, 9.17) is 20.3 Å². The number of nitrogens with two attached hydrogens (primary N) is 1. The first-order valence-corrected chi connectivity index (χ1v) is 11.2. The summed E-state index contributed by atoms with van der Waals surface area (Å²) in [4.78, 5) is 28.4. The number of rotatable bonds is 8. The molecule has 34 heavy (non-hydrogen) atoms. The van der Waals surface area contributed by atoms with Gasteiger partial charge < -0.3 is 30.9 Å². The summed E-state index contributed by atoms with van der Waals surface area (Å²) < 4.78 is 11.9. The zero-order valence-electron chi connectivity index (χ0n) is 18.0. The Hall–Kier alpha value is -4.15. The average molecular weight is 479 g/mol. The molecule has 0 bridgehead atoms. The third-order valence-electron chi connectivity index (χ3n) is 4.77. The number of amides is 2. The van der Waals surface area contributed by atoms with Gasteiger partial charge in [-0.25, -0.2) is 9.78 Å². The molecule has 0 radical (unpaired) electrons. The Balaban J connectivity index is 1.46. The van der Waals surface area contributed by atoms with Gasteiger partial charge in [0.05, 0.1) is 17.5 Å². The number of aliphatic hydroxyl groups is 1. The molecule has 2 heterocycles. The van der Waals surface area contributed by atoms with Crippen LogP contribution >= 0.6 is 11.3 Å². The predicted octanol–water partition coefficient (Wildman–Crippen LogP) is 3.79. The first-order chi connectivity index (χ1) is 16.5. The number of benzene rings is 2. The molecule has 2 amide bonds. The Bertz CT molecular complexity index is 1310. The van der Waals surface area contributed by atoms with Gasteiger partial charge in [-0.05, 0) is 29.6 Å². The van der Waals surface area contributed by atoms with E-state index in [2.05, 4.69) is 15.6 Å². The summed E-state index contributed by atoms with van der Waals surface area (Å²) in [5.41, 5.74) is 8.03. The highest BCUT2D eigenvalue weighted by atomic mass is 32.1. The number of nitrogens with one attached hydrogen (secondary N) is 2. The molecule has 0 spiro atoms. The quantitative estimate of drug-likeness (QED) is 0.302. The van der Waals surface area contributed by atoms with Gasteiger partial charge in [-0.1, -0.05) is 24.3 Å². The van der Waals surface area contributed by atoms with E-state index in [1.807, 2.05) is 11.4 Å². The van der Waals surface area contributed by atoms with E-state index in [0.29, 0.717) is 32.9 Å². The Labute approximate surface area is 199 Å². The van der Waals surface area contributed by atoms with E-state index in [0.717, 1.165) is 5.56 Å². The van der Waals surface area contributed by atoms with Crippen LogP contribution in [0.1, 0.15) is 15.9 Å². The molecular formula is C24H22N4O5S. The number of ether oxygens (including phenoxy) is 2. The molecule has 2 aromatic carbocycles. The zero-order chi connectivity index (χ0) is 23.9. The molecule has 0 aliphatic heterocycles. The number of pyridine rings is 1. The summed E-state index contributed by atoms with van der Waals surface area (Å²) in [5, 5.41) is 16.6. The van der Waals surface area contributed by atoms with Crippen molar-refractivity contribution < 1.29 is 24.2 Å². The lowest BCUT2D eigenvalue weighted by atomic mass is 10.2. The van der Waals surface area contributed by atoms with Crippen molar-refractivity contribution in [3.8, 4) is 11.5 Å². The van der Waals surface area contributed by atoms with Gasteiger partial charge in [0.15, 0.2) is 5.75 Å². The average Bonchev–Trinajstić information content (AvgIpc) is 3.29. The van der Waals surface area contributed by atoms with Gasteiger partial charge in [-0.3, -0.25) is 4.79 Å². The number of thiophene rings is 1. The van der Waals surface area contributed by atoms with Crippen LogP contribution in [-0.2, 0) is 6.61 Å². The normalized spacial score (nSPS) is 10.6. The molecule has 2 aromatic heterocycles. The highest BCUT2D eigenvalue weighted by Crippen LogP contribution is 2.37. The molecule has 0 fully saturated rings. The van der Waals surface area contributed by atoms with E-state index in [-0.39, 0.29) is 31.4 Å². The molecule has 174 valence electrons. The van der Waals surface area contributed by atoms with Crippen LogP contribution in [0.4, 0.5) is 16.3 Å². The third kappa shape index (κ3) is 5.42. The molecule has 5 N–H and O–H groups in total. The van der Waals surface area contributed by atoms with Gasteiger partial charge in [0.25, 0.3) is 5.91 Å². The summed E-state index contributed by atoms with van der Waals surface area (Å²) in [7, 11) is 0. The Morgan fingerprint density at radius 1 is 1.12 bits per heavy atom.